The van der Waals surface area contributed by atoms with E-state index in [4.69, 9.17) is 9.47 Å². The fourth-order valence-corrected chi connectivity index (χ4v) is 3.34. The van der Waals surface area contributed by atoms with Crippen LogP contribution >= 0.6 is 0 Å². The van der Waals surface area contributed by atoms with Crippen LogP contribution in [0.4, 0.5) is 0 Å². The van der Waals surface area contributed by atoms with Crippen molar-refractivity contribution in [3.63, 3.8) is 0 Å². The minimum Gasteiger partial charge on any atom is -0.458 e. The van der Waals surface area contributed by atoms with Gasteiger partial charge in [-0.2, -0.15) is 0 Å². The molecule has 1 saturated carbocycles. The lowest BCUT2D eigenvalue weighted by molar-refractivity contribution is -0.130. The van der Waals surface area contributed by atoms with Crippen molar-refractivity contribution in [3.05, 3.63) is 42.0 Å². The second-order valence-corrected chi connectivity index (χ2v) is 7.47. The smallest absolute Gasteiger partial charge is 0.338 e. The highest BCUT2D eigenvalue weighted by Crippen LogP contribution is 2.35. The van der Waals surface area contributed by atoms with Crippen molar-refractivity contribution < 1.29 is 19.1 Å². The van der Waals surface area contributed by atoms with E-state index in [2.05, 4.69) is 27.4 Å². The summed E-state index contributed by atoms with van der Waals surface area (Å²) in [6, 6.07) is 6.54. The van der Waals surface area contributed by atoms with Gasteiger partial charge in [-0.05, 0) is 55.7 Å². The van der Waals surface area contributed by atoms with E-state index < -0.39 is 5.97 Å². The molecule has 3 unspecified atom stereocenters. The van der Waals surface area contributed by atoms with Gasteiger partial charge in [0.25, 0.3) is 0 Å². The maximum atomic E-state index is 12.6. The van der Waals surface area contributed by atoms with Gasteiger partial charge in [0.1, 0.15) is 11.9 Å². The van der Waals surface area contributed by atoms with Crippen molar-refractivity contribution in [2.24, 2.45) is 17.8 Å². The minimum atomic E-state index is -0.508. The molecule has 0 amide bonds. The van der Waals surface area contributed by atoms with Gasteiger partial charge in [-0.3, -0.25) is 0 Å². The zero-order valence-electron chi connectivity index (χ0n) is 15.6. The highest BCUT2D eigenvalue weighted by molar-refractivity contribution is 5.91. The average molecular weight is 344 g/mol. The van der Waals surface area contributed by atoms with E-state index >= 15 is 0 Å². The van der Waals surface area contributed by atoms with Gasteiger partial charge in [-0.1, -0.05) is 39.8 Å². The zero-order valence-corrected chi connectivity index (χ0v) is 15.6. The number of carbonyl (C=O) groups is 2. The third-order valence-corrected chi connectivity index (χ3v) is 4.85. The van der Waals surface area contributed by atoms with Crippen molar-refractivity contribution >= 4 is 11.9 Å². The van der Waals surface area contributed by atoms with Crippen LogP contribution in [0.3, 0.4) is 0 Å². The molecule has 25 heavy (non-hydrogen) atoms. The third kappa shape index (κ3) is 5.18. The van der Waals surface area contributed by atoms with Gasteiger partial charge in [0.15, 0.2) is 0 Å². The molecule has 136 valence electrons. The predicted octanol–water partition coefficient (Wildman–Crippen LogP) is 4.79. The summed E-state index contributed by atoms with van der Waals surface area (Å²) in [5.74, 6) is 0.887. The third-order valence-electron chi connectivity index (χ3n) is 4.85. The molecule has 0 radical (unpaired) electrons. The Kier molecular flexibility index (Phi) is 6.40. The van der Waals surface area contributed by atoms with Crippen LogP contribution in [0.5, 0.6) is 5.75 Å². The summed E-state index contributed by atoms with van der Waals surface area (Å²) in [7, 11) is 0. The van der Waals surface area contributed by atoms with Crippen LogP contribution in [-0.2, 0) is 9.53 Å². The van der Waals surface area contributed by atoms with Crippen LogP contribution < -0.4 is 4.74 Å². The average Bonchev–Trinajstić information content (AvgIpc) is 2.54. The van der Waals surface area contributed by atoms with E-state index in [1.54, 1.807) is 31.2 Å². The quantitative estimate of drug-likeness (QED) is 0.438. The first-order valence-corrected chi connectivity index (χ1v) is 8.96. The molecule has 3 atom stereocenters. The summed E-state index contributed by atoms with van der Waals surface area (Å²) in [6.07, 6.45) is 3.12. The van der Waals surface area contributed by atoms with Crippen LogP contribution in [0.25, 0.3) is 0 Å². The molecule has 2 rings (SSSR count). The summed E-state index contributed by atoms with van der Waals surface area (Å²) in [4.78, 5) is 24.2. The summed E-state index contributed by atoms with van der Waals surface area (Å²) < 4.78 is 11.0. The summed E-state index contributed by atoms with van der Waals surface area (Å²) in [6.45, 7) is 11.7. The van der Waals surface area contributed by atoms with Crippen LogP contribution in [0, 0.1) is 17.8 Å². The Hall–Kier alpha value is -2.10. The molecule has 1 aromatic carbocycles. The van der Waals surface area contributed by atoms with Gasteiger partial charge in [0, 0.05) is 5.57 Å². The van der Waals surface area contributed by atoms with Crippen LogP contribution in [-0.4, -0.2) is 18.0 Å². The Morgan fingerprint density at radius 2 is 1.96 bits per heavy atom. The predicted molar refractivity (Wildman–Crippen MR) is 97.4 cm³/mol. The van der Waals surface area contributed by atoms with Crippen LogP contribution in [0.2, 0.25) is 0 Å². The van der Waals surface area contributed by atoms with Gasteiger partial charge in [-0.25, -0.2) is 9.59 Å². The zero-order chi connectivity index (χ0) is 18.6. The minimum absolute atomic E-state index is 0.0575. The van der Waals surface area contributed by atoms with Gasteiger partial charge >= 0.3 is 11.9 Å². The lowest BCUT2D eigenvalue weighted by Crippen LogP contribution is -2.35. The van der Waals surface area contributed by atoms with Gasteiger partial charge in [0.05, 0.1) is 5.56 Å². The molecule has 0 N–H and O–H groups in total. The van der Waals surface area contributed by atoms with E-state index in [0.29, 0.717) is 34.6 Å². The molecule has 0 bridgehead atoms. The van der Waals surface area contributed by atoms with Crippen molar-refractivity contribution in [2.75, 3.05) is 0 Å². The molecule has 0 saturated heterocycles. The van der Waals surface area contributed by atoms with E-state index in [9.17, 15) is 9.59 Å². The van der Waals surface area contributed by atoms with Crippen molar-refractivity contribution in [3.8, 4) is 5.75 Å². The molecular formula is C21H28O4. The largest absolute Gasteiger partial charge is 0.458 e. The van der Waals surface area contributed by atoms with E-state index in [0.717, 1.165) is 12.8 Å². The monoisotopic (exact) mass is 344 g/mol. The Labute approximate surface area is 150 Å². The molecule has 1 aliphatic carbocycles. The second-order valence-electron chi connectivity index (χ2n) is 7.47. The molecule has 4 heteroatoms. The standard InChI is InChI=1S/C21H28O4/c1-13(2)18-10-9-15(5)11-19(18)25-21(23)16-7-6-8-17(12-16)24-20(22)14(3)4/h6-8,12-13,15,18-19H,3,9-11H2,1-2,4-5H3. The fraction of sp³-hybridized carbons (Fsp3) is 0.524. The fourth-order valence-electron chi connectivity index (χ4n) is 3.34. The number of rotatable bonds is 5. The molecule has 1 aromatic rings. The highest BCUT2D eigenvalue weighted by atomic mass is 16.5. The molecule has 1 aliphatic rings. The second kappa shape index (κ2) is 8.32. The van der Waals surface area contributed by atoms with E-state index in [-0.39, 0.29) is 12.1 Å². The Morgan fingerprint density at radius 3 is 2.60 bits per heavy atom. The first kappa shape index (κ1) is 19.2. The van der Waals surface area contributed by atoms with Crippen LogP contribution in [0.1, 0.15) is 57.3 Å². The van der Waals surface area contributed by atoms with E-state index in [1.165, 1.54) is 6.42 Å². The first-order chi connectivity index (χ1) is 11.8. The number of hydrogen-bond donors (Lipinski definition) is 0. The molecule has 4 nitrogen and oxygen atoms in total. The Morgan fingerprint density at radius 1 is 1.24 bits per heavy atom. The summed E-state index contributed by atoms with van der Waals surface area (Å²) in [5.41, 5.74) is 0.705. The first-order valence-electron chi connectivity index (χ1n) is 8.96. The molecular weight excluding hydrogens is 316 g/mol. The highest BCUT2D eigenvalue weighted by Gasteiger charge is 2.33. The van der Waals surface area contributed by atoms with Gasteiger partial charge in [-0.15, -0.1) is 0 Å². The topological polar surface area (TPSA) is 52.6 Å². The maximum absolute atomic E-state index is 12.6. The van der Waals surface area contributed by atoms with Crippen LogP contribution in [0.15, 0.2) is 36.4 Å². The lowest BCUT2D eigenvalue weighted by Gasteiger charge is -2.36. The van der Waals surface area contributed by atoms with Gasteiger partial charge in [0.2, 0.25) is 0 Å². The number of ether oxygens (including phenoxy) is 2. The number of benzene rings is 1. The molecule has 0 heterocycles. The van der Waals surface area contributed by atoms with E-state index in [1.807, 2.05) is 0 Å². The molecule has 0 aromatic heterocycles. The van der Waals surface area contributed by atoms with Crippen molar-refractivity contribution in [1.82, 2.24) is 0 Å². The van der Waals surface area contributed by atoms with Crippen molar-refractivity contribution in [2.45, 2.75) is 53.1 Å². The Balaban J connectivity index is 2.09. The molecule has 0 spiro atoms. The molecule has 0 aliphatic heterocycles. The lowest BCUT2D eigenvalue weighted by atomic mass is 9.75. The number of esters is 2. The Bertz CT molecular complexity index is 647. The van der Waals surface area contributed by atoms with Gasteiger partial charge < -0.3 is 9.47 Å². The normalized spacial score (nSPS) is 23.2. The maximum Gasteiger partial charge on any atom is 0.338 e. The summed E-state index contributed by atoms with van der Waals surface area (Å²) >= 11 is 0. The SMILES string of the molecule is C=C(C)C(=O)Oc1cccc(C(=O)OC2CC(C)CCC2C(C)C)c1. The summed E-state index contributed by atoms with van der Waals surface area (Å²) in [5, 5.41) is 0. The molecule has 1 fully saturated rings. The number of hydrogen-bond acceptors (Lipinski definition) is 4. The van der Waals surface area contributed by atoms with Crippen molar-refractivity contribution in [1.29, 1.82) is 0 Å². The number of carbonyl (C=O) groups excluding carboxylic acids is 2.